The van der Waals surface area contributed by atoms with Crippen LogP contribution in [0.15, 0.2) is 30.1 Å². The Labute approximate surface area is 182 Å². The first-order valence-electron chi connectivity index (χ1n) is 9.91. The number of nitrogens with one attached hydrogen (secondary N) is 2. The molecule has 11 heteroatoms. The number of piperidine rings is 1. The van der Waals surface area contributed by atoms with Crippen LogP contribution in [0.4, 0.5) is 11.6 Å². The highest BCUT2D eigenvalue weighted by Crippen LogP contribution is 2.37. The fourth-order valence-corrected chi connectivity index (χ4v) is 5.18. The number of thioether (sulfide) groups is 1. The van der Waals surface area contributed by atoms with Gasteiger partial charge in [-0.2, -0.15) is 15.2 Å². The minimum atomic E-state index is -0.0375. The molecule has 2 aliphatic rings. The van der Waals surface area contributed by atoms with Crippen LogP contribution >= 0.6 is 23.4 Å². The van der Waals surface area contributed by atoms with E-state index in [4.69, 9.17) is 16.6 Å². The SMILES string of the molecule is C=CC(=O)N1CCC[C@@H](Sc2nc(Nc3cnn(C4CC4)c3)nc3[nH]nc(Cl)c23)C1. The van der Waals surface area contributed by atoms with E-state index in [0.717, 1.165) is 30.1 Å². The predicted molar refractivity (Wildman–Crippen MR) is 116 cm³/mol. The van der Waals surface area contributed by atoms with Crippen LogP contribution in [0.5, 0.6) is 0 Å². The Balaban J connectivity index is 1.40. The lowest BCUT2D eigenvalue weighted by Gasteiger charge is -2.31. The summed E-state index contributed by atoms with van der Waals surface area (Å²) in [6.45, 7) is 5.00. The molecule has 4 heterocycles. The number of amides is 1. The zero-order valence-electron chi connectivity index (χ0n) is 16.2. The van der Waals surface area contributed by atoms with Gasteiger partial charge in [-0.3, -0.25) is 14.6 Å². The summed E-state index contributed by atoms with van der Waals surface area (Å²) in [5, 5.41) is 16.6. The van der Waals surface area contributed by atoms with Gasteiger partial charge in [-0.15, -0.1) is 11.8 Å². The Kier molecular flexibility index (Phi) is 5.11. The number of rotatable bonds is 6. The van der Waals surface area contributed by atoms with Gasteiger partial charge in [0, 0.05) is 24.5 Å². The van der Waals surface area contributed by atoms with Crippen LogP contribution in [0.1, 0.15) is 31.7 Å². The predicted octanol–water partition coefficient (Wildman–Crippen LogP) is 3.55. The zero-order valence-corrected chi connectivity index (χ0v) is 17.8. The van der Waals surface area contributed by atoms with Crippen molar-refractivity contribution in [3.05, 3.63) is 30.2 Å². The molecule has 2 N–H and O–H groups in total. The van der Waals surface area contributed by atoms with E-state index in [1.165, 1.54) is 18.9 Å². The highest BCUT2D eigenvalue weighted by atomic mass is 35.5. The molecule has 30 heavy (non-hydrogen) atoms. The highest BCUT2D eigenvalue weighted by molar-refractivity contribution is 8.00. The molecule has 1 saturated carbocycles. The van der Waals surface area contributed by atoms with Crippen LogP contribution in [0.3, 0.4) is 0 Å². The van der Waals surface area contributed by atoms with Crippen molar-refractivity contribution in [2.24, 2.45) is 0 Å². The van der Waals surface area contributed by atoms with Gasteiger partial charge in [-0.25, -0.2) is 4.98 Å². The topological polar surface area (TPSA) is 105 Å². The van der Waals surface area contributed by atoms with Gasteiger partial charge >= 0.3 is 0 Å². The molecule has 9 nitrogen and oxygen atoms in total. The van der Waals surface area contributed by atoms with Gasteiger partial charge in [0.25, 0.3) is 0 Å². The van der Waals surface area contributed by atoms with Gasteiger partial charge in [0.2, 0.25) is 11.9 Å². The summed E-state index contributed by atoms with van der Waals surface area (Å²) in [5.74, 6) is 0.417. The average molecular weight is 445 g/mol. The smallest absolute Gasteiger partial charge is 0.245 e. The number of carbonyl (C=O) groups is 1. The first-order valence-corrected chi connectivity index (χ1v) is 11.2. The number of H-pyrrole nitrogens is 1. The number of nitrogens with zero attached hydrogens (tertiary/aromatic N) is 6. The average Bonchev–Trinajstić information content (AvgIpc) is 3.39. The maximum atomic E-state index is 12.0. The molecule has 3 aromatic rings. The third kappa shape index (κ3) is 3.89. The summed E-state index contributed by atoms with van der Waals surface area (Å²) in [6, 6.07) is 0.508. The van der Waals surface area contributed by atoms with Gasteiger partial charge in [-0.05, 0) is 31.8 Å². The number of aromatic nitrogens is 6. The summed E-state index contributed by atoms with van der Waals surface area (Å²) in [7, 11) is 0. The number of aromatic amines is 1. The molecule has 1 amide bonds. The van der Waals surface area contributed by atoms with Crippen molar-refractivity contribution in [3.63, 3.8) is 0 Å². The fraction of sp³-hybridized carbons (Fsp3) is 0.421. The second kappa shape index (κ2) is 7.92. The second-order valence-electron chi connectivity index (χ2n) is 7.53. The van der Waals surface area contributed by atoms with E-state index in [-0.39, 0.29) is 11.2 Å². The molecule has 1 aliphatic carbocycles. The van der Waals surface area contributed by atoms with Crippen molar-refractivity contribution >= 4 is 51.9 Å². The van der Waals surface area contributed by atoms with Crippen molar-refractivity contribution in [2.75, 3.05) is 18.4 Å². The number of halogens is 1. The highest BCUT2D eigenvalue weighted by Gasteiger charge is 2.26. The minimum absolute atomic E-state index is 0.0375. The van der Waals surface area contributed by atoms with E-state index in [1.54, 1.807) is 18.0 Å². The van der Waals surface area contributed by atoms with Gasteiger partial charge < -0.3 is 10.2 Å². The summed E-state index contributed by atoms with van der Waals surface area (Å²) < 4.78 is 1.97. The summed E-state index contributed by atoms with van der Waals surface area (Å²) in [6.07, 6.45) is 9.39. The molecule has 1 atom stereocenters. The normalized spacial score (nSPS) is 19.2. The van der Waals surface area contributed by atoms with Gasteiger partial charge in [0.1, 0.15) is 5.03 Å². The Bertz CT molecular complexity index is 1110. The van der Waals surface area contributed by atoms with E-state index < -0.39 is 0 Å². The third-order valence-corrected chi connectivity index (χ3v) is 6.77. The lowest BCUT2D eigenvalue weighted by Crippen LogP contribution is -2.40. The molecule has 0 spiro atoms. The molecule has 5 rings (SSSR count). The van der Waals surface area contributed by atoms with Crippen LogP contribution in [-0.2, 0) is 4.79 Å². The number of anilines is 2. The molecule has 3 aromatic heterocycles. The van der Waals surface area contributed by atoms with Crippen LogP contribution in [0.2, 0.25) is 5.15 Å². The minimum Gasteiger partial charge on any atom is -0.338 e. The van der Waals surface area contributed by atoms with E-state index in [0.29, 0.717) is 34.7 Å². The standard InChI is InChI=1S/C19H21ClN8OS/c1-2-14(29)27-7-3-4-13(10-27)30-18-15-16(20)25-26-17(15)23-19(24-18)22-11-8-21-28(9-11)12-5-6-12/h2,8-9,12-13H,1,3-7,10H2,(H2,22,23,24,25,26)/t13-/m1/s1. The molecule has 0 unspecified atom stereocenters. The Morgan fingerprint density at radius 3 is 3.03 bits per heavy atom. The first-order chi connectivity index (χ1) is 14.6. The lowest BCUT2D eigenvalue weighted by atomic mass is 10.1. The maximum absolute atomic E-state index is 12.0. The molecule has 1 saturated heterocycles. The molecule has 1 aliphatic heterocycles. The Morgan fingerprint density at radius 1 is 1.37 bits per heavy atom. The van der Waals surface area contributed by atoms with Crippen molar-refractivity contribution in [1.29, 1.82) is 0 Å². The van der Waals surface area contributed by atoms with E-state index in [9.17, 15) is 4.79 Å². The summed E-state index contributed by atoms with van der Waals surface area (Å²) in [4.78, 5) is 23.1. The molecule has 156 valence electrons. The number of fused-ring (bicyclic) bond motifs is 1. The van der Waals surface area contributed by atoms with Gasteiger partial charge in [-0.1, -0.05) is 18.2 Å². The molecule has 0 radical (unpaired) electrons. The van der Waals surface area contributed by atoms with Crippen LogP contribution in [-0.4, -0.2) is 59.1 Å². The Hall–Kier alpha value is -2.59. The summed E-state index contributed by atoms with van der Waals surface area (Å²) >= 11 is 7.91. The molecule has 0 aromatic carbocycles. The van der Waals surface area contributed by atoms with E-state index >= 15 is 0 Å². The molecule has 0 bridgehead atoms. The van der Waals surface area contributed by atoms with Crippen LogP contribution < -0.4 is 5.32 Å². The van der Waals surface area contributed by atoms with Gasteiger partial charge in [0.15, 0.2) is 10.8 Å². The molecule has 2 fully saturated rings. The lowest BCUT2D eigenvalue weighted by molar-refractivity contribution is -0.126. The Morgan fingerprint density at radius 2 is 2.23 bits per heavy atom. The third-order valence-electron chi connectivity index (χ3n) is 5.26. The van der Waals surface area contributed by atoms with Crippen molar-refractivity contribution in [3.8, 4) is 0 Å². The van der Waals surface area contributed by atoms with Gasteiger partial charge in [0.05, 0.1) is 23.3 Å². The summed E-state index contributed by atoms with van der Waals surface area (Å²) in [5.41, 5.74) is 1.41. The largest absolute Gasteiger partial charge is 0.338 e. The van der Waals surface area contributed by atoms with Crippen LogP contribution in [0, 0.1) is 0 Å². The first kappa shape index (κ1) is 19.4. The van der Waals surface area contributed by atoms with E-state index in [1.807, 2.05) is 15.8 Å². The van der Waals surface area contributed by atoms with Crippen molar-refractivity contribution in [2.45, 2.75) is 42.0 Å². The molecular formula is C19H21ClN8OS. The van der Waals surface area contributed by atoms with Crippen molar-refractivity contribution < 1.29 is 4.79 Å². The number of carbonyl (C=O) groups excluding carboxylic acids is 1. The monoisotopic (exact) mass is 444 g/mol. The van der Waals surface area contributed by atoms with Crippen LogP contribution in [0.25, 0.3) is 11.0 Å². The quantitative estimate of drug-likeness (QED) is 0.442. The van der Waals surface area contributed by atoms with Crippen molar-refractivity contribution in [1.82, 2.24) is 34.8 Å². The number of hydrogen-bond acceptors (Lipinski definition) is 7. The van der Waals surface area contributed by atoms with E-state index in [2.05, 4.69) is 32.2 Å². The molecular weight excluding hydrogens is 424 g/mol. The maximum Gasteiger partial charge on any atom is 0.245 e. The number of likely N-dealkylation sites (tertiary alicyclic amines) is 1. The zero-order chi connectivity index (χ0) is 20.7. The second-order valence-corrected chi connectivity index (χ2v) is 9.17. The fourth-order valence-electron chi connectivity index (χ4n) is 3.60. The number of hydrogen-bond donors (Lipinski definition) is 2.